The number of hydrogen-bond acceptors (Lipinski definition) is 5. The number of carbonyl (C=O) groups is 2. The van der Waals surface area contributed by atoms with E-state index in [9.17, 15) is 24.9 Å². The fraction of sp³-hybridized carbons (Fsp3) is 0.913. The average molecular weight is 463 g/mol. The Morgan fingerprint density at radius 3 is 2.40 bits per heavy atom. The first-order valence-corrected chi connectivity index (χ1v) is 12.1. The fourth-order valence-electron chi connectivity index (χ4n) is 7.64. The molecule has 7 heteroatoms. The van der Waals surface area contributed by atoms with Crippen LogP contribution in [0.4, 0.5) is 0 Å². The van der Waals surface area contributed by atoms with Crippen LogP contribution in [0.25, 0.3) is 0 Å². The first-order valence-electron chi connectivity index (χ1n) is 11.3. The van der Waals surface area contributed by atoms with Crippen LogP contribution in [0.3, 0.4) is 0 Å². The molecule has 172 valence electrons. The predicted octanol–water partition coefficient (Wildman–Crippen LogP) is 3.67. The molecule has 5 nitrogen and oxygen atoms in total. The van der Waals surface area contributed by atoms with E-state index in [1.165, 1.54) is 0 Å². The lowest BCUT2D eigenvalue weighted by Crippen LogP contribution is -2.62. The van der Waals surface area contributed by atoms with E-state index in [0.29, 0.717) is 12.3 Å². The van der Waals surface area contributed by atoms with E-state index >= 15 is 0 Å². The Balaban J connectivity index is 0.000000589. The molecule has 4 saturated carbocycles. The molecular weight excluding hydrogens is 427 g/mol. The summed E-state index contributed by atoms with van der Waals surface area (Å²) in [6.45, 7) is 5.16. The Labute approximate surface area is 189 Å². The Kier molecular flexibility index (Phi) is 7.03. The molecule has 0 bridgehead atoms. The smallest absolute Gasteiger partial charge is 0.190 e. The molecule has 3 N–H and O–H groups in total. The number of carbonyl (C=O) groups excluding carboxylic acids is 2. The van der Waals surface area contributed by atoms with Crippen molar-refractivity contribution in [1.29, 1.82) is 0 Å². The molecule has 0 aromatic heterocycles. The molecule has 4 rings (SSSR count). The summed E-state index contributed by atoms with van der Waals surface area (Å²) >= 11 is 10.1. The third kappa shape index (κ3) is 3.77. The van der Waals surface area contributed by atoms with Gasteiger partial charge in [0.1, 0.15) is 22.8 Å². The van der Waals surface area contributed by atoms with Gasteiger partial charge in [-0.05, 0) is 75.0 Å². The number of hydrogen-bond donors (Lipinski definition) is 3. The van der Waals surface area contributed by atoms with Crippen LogP contribution >= 0.6 is 23.2 Å². The first-order chi connectivity index (χ1) is 13.9. The van der Waals surface area contributed by atoms with E-state index in [4.69, 9.17) is 23.2 Å². The SMILES string of the molecule is CC(Cl)Cl.C[C@]12CC[C@@H](O)C[C@H]1CC[C@@H]1[C@@H]2C(=O)C[C@@]2(C)[C@H]1CC[C@]2(O)C(=O)CO. The lowest BCUT2D eigenvalue weighted by atomic mass is 9.44. The van der Waals surface area contributed by atoms with Crippen molar-refractivity contribution < 1.29 is 24.9 Å². The molecule has 0 heterocycles. The van der Waals surface area contributed by atoms with Crippen LogP contribution in [0.1, 0.15) is 72.1 Å². The van der Waals surface area contributed by atoms with Crippen molar-refractivity contribution in [3.05, 3.63) is 0 Å². The van der Waals surface area contributed by atoms with Crippen molar-refractivity contribution in [2.45, 2.75) is 88.7 Å². The monoisotopic (exact) mass is 462 g/mol. The van der Waals surface area contributed by atoms with E-state index in [1.54, 1.807) is 6.92 Å². The number of aliphatic hydroxyl groups is 3. The van der Waals surface area contributed by atoms with Gasteiger partial charge in [0, 0.05) is 17.8 Å². The van der Waals surface area contributed by atoms with Gasteiger partial charge in [-0.3, -0.25) is 9.59 Å². The van der Waals surface area contributed by atoms with Gasteiger partial charge in [0.15, 0.2) is 5.78 Å². The number of halogens is 2. The summed E-state index contributed by atoms with van der Waals surface area (Å²) < 4.78 is 0. The van der Waals surface area contributed by atoms with Crippen LogP contribution in [0.5, 0.6) is 0 Å². The van der Waals surface area contributed by atoms with Gasteiger partial charge in [-0.2, -0.15) is 0 Å². The van der Waals surface area contributed by atoms with Crippen molar-refractivity contribution in [3.8, 4) is 0 Å². The van der Waals surface area contributed by atoms with Crippen molar-refractivity contribution in [1.82, 2.24) is 0 Å². The lowest BCUT2D eigenvalue weighted by molar-refractivity contribution is -0.180. The minimum absolute atomic E-state index is 0.0154. The second-order valence-corrected chi connectivity index (χ2v) is 12.0. The third-order valence-electron chi connectivity index (χ3n) is 9.08. The standard InChI is InChI=1S/C21H32O5.C2H4Cl2/c1-19-7-5-13(23)9-12(19)3-4-14-15-6-8-21(26,17(25)11-22)20(15,2)10-16(24)18(14)19;1-2(3)4/h12-15,18,22-23,26H,3-11H2,1-2H3;2H,1H3/t12-,13-,14+,15+,18-,19+,20+,21+;/m1./s1. The number of alkyl halides is 2. The maximum atomic E-state index is 13.4. The Morgan fingerprint density at radius 1 is 1.17 bits per heavy atom. The summed E-state index contributed by atoms with van der Waals surface area (Å²) in [6.07, 6.45) is 5.47. The van der Waals surface area contributed by atoms with Crippen LogP contribution in [0.2, 0.25) is 0 Å². The number of rotatable bonds is 2. The van der Waals surface area contributed by atoms with Gasteiger partial charge in [-0.1, -0.05) is 13.8 Å². The highest BCUT2D eigenvalue weighted by Crippen LogP contribution is 2.67. The van der Waals surface area contributed by atoms with Gasteiger partial charge in [0.05, 0.1) is 6.10 Å². The maximum absolute atomic E-state index is 13.4. The third-order valence-corrected chi connectivity index (χ3v) is 9.08. The molecule has 30 heavy (non-hydrogen) atoms. The second kappa shape index (κ2) is 8.62. The number of Topliss-reactive ketones (excluding diaryl/α,β-unsaturated/α-hetero) is 2. The molecular formula is C23H36Cl2O5. The van der Waals surface area contributed by atoms with Crippen LogP contribution in [0.15, 0.2) is 0 Å². The van der Waals surface area contributed by atoms with E-state index in [-0.39, 0.29) is 46.3 Å². The molecule has 4 aliphatic rings. The Bertz CT molecular complexity index is 682. The Hall–Kier alpha value is -0.200. The molecule has 0 radical (unpaired) electrons. The predicted molar refractivity (Wildman–Crippen MR) is 116 cm³/mol. The first kappa shape index (κ1) is 24.4. The van der Waals surface area contributed by atoms with Crippen LogP contribution < -0.4 is 0 Å². The largest absolute Gasteiger partial charge is 0.393 e. The summed E-state index contributed by atoms with van der Waals surface area (Å²) in [5, 5.41) is 30.6. The van der Waals surface area contributed by atoms with Gasteiger partial charge in [-0.15, -0.1) is 23.2 Å². The van der Waals surface area contributed by atoms with Gasteiger partial charge in [0.2, 0.25) is 0 Å². The molecule has 4 fully saturated rings. The fourth-order valence-corrected chi connectivity index (χ4v) is 7.64. The summed E-state index contributed by atoms with van der Waals surface area (Å²) in [7, 11) is 0. The highest BCUT2D eigenvalue weighted by Gasteiger charge is 2.68. The summed E-state index contributed by atoms with van der Waals surface area (Å²) in [5.74, 6) is 0.380. The molecule has 8 atom stereocenters. The van der Waals surface area contributed by atoms with E-state index in [0.717, 1.165) is 38.5 Å². The van der Waals surface area contributed by atoms with Gasteiger partial charge in [-0.25, -0.2) is 0 Å². The van der Waals surface area contributed by atoms with Crippen LogP contribution in [-0.2, 0) is 9.59 Å². The minimum Gasteiger partial charge on any atom is -0.393 e. The molecule has 0 saturated heterocycles. The molecule has 0 amide bonds. The lowest BCUT2D eigenvalue weighted by Gasteiger charge is -2.60. The van der Waals surface area contributed by atoms with Crippen molar-refractivity contribution in [3.63, 3.8) is 0 Å². The maximum Gasteiger partial charge on any atom is 0.190 e. The molecule has 0 aromatic carbocycles. The number of ketones is 2. The minimum atomic E-state index is -1.58. The summed E-state index contributed by atoms with van der Waals surface area (Å²) in [5.41, 5.74) is -2.40. The van der Waals surface area contributed by atoms with E-state index in [2.05, 4.69) is 6.92 Å². The normalized spacial score (nSPS) is 47.6. The highest BCUT2D eigenvalue weighted by atomic mass is 35.5. The van der Waals surface area contributed by atoms with Crippen LogP contribution in [-0.4, -0.2) is 50.0 Å². The van der Waals surface area contributed by atoms with E-state index in [1.807, 2.05) is 6.92 Å². The molecule has 0 unspecified atom stereocenters. The quantitative estimate of drug-likeness (QED) is 0.544. The van der Waals surface area contributed by atoms with Crippen LogP contribution in [0, 0.1) is 34.5 Å². The zero-order chi connectivity index (χ0) is 22.5. The van der Waals surface area contributed by atoms with Gasteiger partial charge in [0.25, 0.3) is 0 Å². The van der Waals surface area contributed by atoms with Crippen molar-refractivity contribution >= 4 is 34.8 Å². The molecule has 4 aliphatic carbocycles. The van der Waals surface area contributed by atoms with Gasteiger partial charge >= 0.3 is 0 Å². The summed E-state index contributed by atoms with van der Waals surface area (Å²) in [6, 6.07) is 0. The number of aliphatic hydroxyl groups excluding tert-OH is 2. The zero-order valence-corrected chi connectivity index (χ0v) is 19.8. The second-order valence-electron chi connectivity index (χ2n) is 10.5. The Morgan fingerprint density at radius 2 is 1.80 bits per heavy atom. The molecule has 0 aromatic rings. The average Bonchev–Trinajstić information content (AvgIpc) is 2.92. The highest BCUT2D eigenvalue weighted by molar-refractivity contribution is 6.43. The van der Waals surface area contributed by atoms with Crippen molar-refractivity contribution in [2.24, 2.45) is 34.5 Å². The van der Waals surface area contributed by atoms with E-state index < -0.39 is 23.4 Å². The van der Waals surface area contributed by atoms with Crippen molar-refractivity contribution in [2.75, 3.05) is 6.61 Å². The van der Waals surface area contributed by atoms with Gasteiger partial charge < -0.3 is 15.3 Å². The topological polar surface area (TPSA) is 94.8 Å². The molecule has 0 aliphatic heterocycles. The zero-order valence-electron chi connectivity index (χ0n) is 18.2. The number of fused-ring (bicyclic) bond motifs is 5. The molecule has 0 spiro atoms. The summed E-state index contributed by atoms with van der Waals surface area (Å²) in [4.78, 5) is 25.5.